The zero-order chi connectivity index (χ0) is 19.1. The Morgan fingerprint density at radius 2 is 2.00 bits per heavy atom. The second-order valence-corrected chi connectivity index (χ2v) is 10.3. The first-order valence-electron chi connectivity index (χ1n) is 9.31. The molecule has 2 aliphatic rings. The van der Waals surface area contributed by atoms with Crippen molar-refractivity contribution in [3.63, 3.8) is 0 Å². The van der Waals surface area contributed by atoms with Crippen LogP contribution in [-0.4, -0.2) is 42.6 Å². The molecule has 0 unspecified atom stereocenters. The van der Waals surface area contributed by atoms with Crippen molar-refractivity contribution in [2.75, 3.05) is 19.3 Å². The molecule has 0 radical (unpaired) electrons. The number of fused-ring (bicyclic) bond motifs is 1. The van der Waals surface area contributed by atoms with Gasteiger partial charge in [0.1, 0.15) is 0 Å². The molecule has 1 N–H and O–H groups in total. The molecule has 26 heavy (non-hydrogen) atoms. The van der Waals surface area contributed by atoms with Gasteiger partial charge < -0.3 is 0 Å². The summed E-state index contributed by atoms with van der Waals surface area (Å²) in [5.74, 6) is 0. The van der Waals surface area contributed by atoms with Gasteiger partial charge in [0.05, 0.1) is 5.69 Å². The molecule has 0 atom stereocenters. The van der Waals surface area contributed by atoms with Crippen LogP contribution in [-0.2, 0) is 22.8 Å². The summed E-state index contributed by atoms with van der Waals surface area (Å²) in [5.41, 5.74) is 4.26. The van der Waals surface area contributed by atoms with E-state index in [1.165, 1.54) is 24.8 Å². The quantitative estimate of drug-likeness (QED) is 0.642. The number of nitrogens with zero attached hydrogens (tertiary/aromatic N) is 2. The number of nitrogens with one attached hydrogen (secondary N) is 1. The fourth-order valence-electron chi connectivity index (χ4n) is 4.33. The van der Waals surface area contributed by atoms with Crippen LogP contribution in [0.25, 0.3) is 0 Å². The molecule has 1 aliphatic heterocycles. The summed E-state index contributed by atoms with van der Waals surface area (Å²) in [5, 5.41) is -0.227. The van der Waals surface area contributed by atoms with Gasteiger partial charge >= 0.3 is 0 Å². The van der Waals surface area contributed by atoms with Crippen LogP contribution in [0.4, 0.5) is 0 Å². The van der Waals surface area contributed by atoms with Crippen molar-refractivity contribution in [2.24, 2.45) is 5.41 Å². The topological polar surface area (TPSA) is 83.1 Å². The lowest BCUT2D eigenvalue weighted by Crippen LogP contribution is -2.37. The van der Waals surface area contributed by atoms with E-state index in [-0.39, 0.29) is 16.1 Å². The molecular formula is C19H29N3O3S. The maximum atomic E-state index is 12.2. The first-order chi connectivity index (χ1) is 12.1. The fraction of sp³-hybridized carbons (Fsp3) is 0.684. The molecule has 1 aromatic heterocycles. The molecular weight excluding hydrogens is 350 g/mol. The smallest absolute Gasteiger partial charge is 0.255 e. The number of allylic oxidation sites excluding steroid dienone is 1. The molecule has 1 aliphatic carbocycles. The highest BCUT2D eigenvalue weighted by Crippen LogP contribution is 2.41. The predicted molar refractivity (Wildman–Crippen MR) is 102 cm³/mol. The van der Waals surface area contributed by atoms with Crippen LogP contribution >= 0.6 is 0 Å². The molecule has 0 spiro atoms. The maximum Gasteiger partial charge on any atom is 0.255 e. The molecule has 1 aromatic rings. The zero-order valence-electron chi connectivity index (χ0n) is 16.2. The Hall–Kier alpha value is -1.47. The number of aromatic amines is 1. The zero-order valence-corrected chi connectivity index (χ0v) is 17.0. The lowest BCUT2D eigenvalue weighted by atomic mass is 9.71. The monoisotopic (exact) mass is 379 g/mol. The SMILES string of the molecule is CC1=C(CCN2CCc3c(nc(S(C)(=O)=O)[nH]c3=O)C2)C(C)(C)CCC1. The third kappa shape index (κ3) is 3.93. The Balaban J connectivity index is 1.77. The van der Waals surface area contributed by atoms with Gasteiger partial charge in [-0.1, -0.05) is 25.0 Å². The van der Waals surface area contributed by atoms with Crippen LogP contribution in [0.2, 0.25) is 0 Å². The van der Waals surface area contributed by atoms with Gasteiger partial charge in [-0.05, 0) is 44.4 Å². The van der Waals surface area contributed by atoms with Gasteiger partial charge in [-0.25, -0.2) is 13.4 Å². The number of hydrogen-bond donors (Lipinski definition) is 1. The van der Waals surface area contributed by atoms with E-state index >= 15 is 0 Å². The Bertz CT molecular complexity index is 897. The van der Waals surface area contributed by atoms with Crippen LogP contribution in [0.1, 0.15) is 57.7 Å². The predicted octanol–water partition coefficient (Wildman–Crippen LogP) is 2.45. The van der Waals surface area contributed by atoms with Gasteiger partial charge in [-0.15, -0.1) is 0 Å². The van der Waals surface area contributed by atoms with Crippen molar-refractivity contribution in [1.29, 1.82) is 0 Å². The van der Waals surface area contributed by atoms with Crippen LogP contribution in [0.5, 0.6) is 0 Å². The normalized spacial score (nSPS) is 20.9. The van der Waals surface area contributed by atoms with Gasteiger partial charge in [0.25, 0.3) is 5.56 Å². The highest BCUT2D eigenvalue weighted by Gasteiger charge is 2.29. The summed E-state index contributed by atoms with van der Waals surface area (Å²) in [7, 11) is -3.52. The van der Waals surface area contributed by atoms with Crippen molar-refractivity contribution in [2.45, 2.75) is 64.6 Å². The molecule has 0 saturated heterocycles. The minimum Gasteiger partial charge on any atom is -0.297 e. The maximum absolute atomic E-state index is 12.2. The van der Waals surface area contributed by atoms with Crippen molar-refractivity contribution in [1.82, 2.24) is 14.9 Å². The minimum absolute atomic E-state index is 0.227. The summed E-state index contributed by atoms with van der Waals surface area (Å²) < 4.78 is 23.5. The number of rotatable bonds is 4. The van der Waals surface area contributed by atoms with Crippen molar-refractivity contribution in [3.05, 3.63) is 32.8 Å². The summed E-state index contributed by atoms with van der Waals surface area (Å²) >= 11 is 0. The van der Waals surface area contributed by atoms with Crippen LogP contribution in [0, 0.1) is 5.41 Å². The minimum atomic E-state index is -3.52. The molecule has 0 fully saturated rings. The third-order valence-electron chi connectivity index (χ3n) is 5.85. The number of H-pyrrole nitrogens is 1. The molecule has 0 bridgehead atoms. The summed E-state index contributed by atoms with van der Waals surface area (Å²) in [6.07, 6.45) is 6.39. The van der Waals surface area contributed by atoms with Gasteiger partial charge in [-0.2, -0.15) is 0 Å². The van der Waals surface area contributed by atoms with E-state index in [4.69, 9.17) is 0 Å². The summed E-state index contributed by atoms with van der Waals surface area (Å²) in [4.78, 5) is 21.1. The van der Waals surface area contributed by atoms with Gasteiger partial charge in [0.2, 0.25) is 15.0 Å². The average Bonchev–Trinajstić information content (AvgIpc) is 2.52. The first kappa shape index (κ1) is 19.3. The van der Waals surface area contributed by atoms with E-state index in [9.17, 15) is 13.2 Å². The Kier molecular flexibility index (Phi) is 5.14. The summed E-state index contributed by atoms with van der Waals surface area (Å²) in [6, 6.07) is 0. The standard InChI is InChI=1S/C19H29N3O3S/c1-13-6-5-9-19(2,3)15(13)8-11-22-10-7-14-16(12-22)20-18(21-17(14)23)26(4,24)25/h5-12H2,1-4H3,(H,20,21,23). The second-order valence-electron chi connectivity index (χ2n) is 8.34. The largest absolute Gasteiger partial charge is 0.297 e. The van der Waals surface area contributed by atoms with E-state index in [0.717, 1.165) is 25.8 Å². The molecule has 0 amide bonds. The lowest BCUT2D eigenvalue weighted by Gasteiger charge is -2.36. The van der Waals surface area contributed by atoms with Crippen LogP contribution in [0.15, 0.2) is 21.1 Å². The molecule has 0 saturated carbocycles. The van der Waals surface area contributed by atoms with E-state index in [1.54, 1.807) is 5.57 Å². The van der Waals surface area contributed by atoms with Crippen LogP contribution in [0.3, 0.4) is 0 Å². The van der Waals surface area contributed by atoms with Crippen molar-refractivity contribution >= 4 is 9.84 Å². The average molecular weight is 380 g/mol. The molecule has 6 nitrogen and oxygen atoms in total. The molecule has 2 heterocycles. The van der Waals surface area contributed by atoms with Gasteiger partial charge in [0, 0.05) is 31.5 Å². The fourth-order valence-corrected chi connectivity index (χ4v) is 4.89. The Labute approximate surface area is 155 Å². The number of sulfone groups is 1. The van der Waals surface area contributed by atoms with Crippen molar-refractivity contribution in [3.8, 4) is 0 Å². The van der Waals surface area contributed by atoms with E-state index in [2.05, 4.69) is 35.6 Å². The van der Waals surface area contributed by atoms with Crippen LogP contribution < -0.4 is 5.56 Å². The Morgan fingerprint density at radius 3 is 2.65 bits per heavy atom. The van der Waals surface area contributed by atoms with Gasteiger partial charge in [-0.3, -0.25) is 14.7 Å². The number of aromatic nitrogens is 2. The molecule has 0 aromatic carbocycles. The van der Waals surface area contributed by atoms with E-state index in [1.807, 2.05) is 0 Å². The number of hydrogen-bond acceptors (Lipinski definition) is 5. The molecule has 3 rings (SSSR count). The lowest BCUT2D eigenvalue weighted by molar-refractivity contribution is 0.239. The van der Waals surface area contributed by atoms with Gasteiger partial charge in [0.15, 0.2) is 0 Å². The highest BCUT2D eigenvalue weighted by atomic mass is 32.2. The molecule has 7 heteroatoms. The van der Waals surface area contributed by atoms with E-state index in [0.29, 0.717) is 24.2 Å². The molecule has 144 valence electrons. The third-order valence-corrected chi connectivity index (χ3v) is 6.74. The second kappa shape index (κ2) is 6.93. The van der Waals surface area contributed by atoms with E-state index < -0.39 is 9.84 Å². The van der Waals surface area contributed by atoms with Crippen molar-refractivity contribution < 1.29 is 8.42 Å². The Morgan fingerprint density at radius 1 is 1.27 bits per heavy atom. The first-order valence-corrected chi connectivity index (χ1v) is 11.2. The highest BCUT2D eigenvalue weighted by molar-refractivity contribution is 7.90. The summed E-state index contributed by atoms with van der Waals surface area (Å²) in [6.45, 7) is 9.17.